The predicted octanol–water partition coefficient (Wildman–Crippen LogP) is 4.65. The maximum absolute atomic E-state index is 4.52. The molecule has 1 aromatic heterocycles. The highest BCUT2D eigenvalue weighted by atomic mass is 14.9. The summed E-state index contributed by atoms with van der Waals surface area (Å²) in [7, 11) is 0. The maximum atomic E-state index is 4.52. The van der Waals surface area contributed by atoms with Crippen LogP contribution in [-0.4, -0.2) is 11.5 Å². The van der Waals surface area contributed by atoms with Gasteiger partial charge in [0, 0.05) is 17.9 Å². The van der Waals surface area contributed by atoms with Crippen LogP contribution in [0.15, 0.2) is 18.3 Å². The summed E-state index contributed by atoms with van der Waals surface area (Å²) in [6, 6.07) is 4.94. The molecular weight excluding hydrogens is 256 g/mol. The van der Waals surface area contributed by atoms with Gasteiger partial charge in [-0.2, -0.15) is 0 Å². The minimum atomic E-state index is 0.506. The van der Waals surface area contributed by atoms with Crippen LogP contribution in [-0.2, 0) is 0 Å². The van der Waals surface area contributed by atoms with E-state index in [1.54, 1.807) is 0 Å². The Morgan fingerprint density at radius 1 is 1.14 bits per heavy atom. The molecule has 4 atom stereocenters. The zero-order chi connectivity index (χ0) is 14.7. The first-order valence-corrected chi connectivity index (χ1v) is 8.94. The van der Waals surface area contributed by atoms with Crippen LogP contribution in [0.1, 0.15) is 69.2 Å². The van der Waals surface area contributed by atoms with Crippen LogP contribution < -0.4 is 5.32 Å². The number of aromatic nitrogens is 1. The van der Waals surface area contributed by atoms with Gasteiger partial charge in [-0.1, -0.05) is 38.7 Å². The molecule has 0 aromatic carbocycles. The molecule has 2 nitrogen and oxygen atoms in total. The van der Waals surface area contributed by atoms with E-state index in [1.165, 1.54) is 50.5 Å². The summed E-state index contributed by atoms with van der Waals surface area (Å²) in [5, 5.41) is 3.74. The van der Waals surface area contributed by atoms with Gasteiger partial charge in [-0.3, -0.25) is 4.98 Å². The summed E-state index contributed by atoms with van der Waals surface area (Å²) in [4.78, 5) is 4.52. The van der Waals surface area contributed by atoms with Crippen LogP contribution in [0.5, 0.6) is 0 Å². The van der Waals surface area contributed by atoms with E-state index in [2.05, 4.69) is 42.5 Å². The minimum Gasteiger partial charge on any atom is -0.310 e. The Balaban J connectivity index is 1.73. The van der Waals surface area contributed by atoms with Gasteiger partial charge in [-0.05, 0) is 62.1 Å². The highest BCUT2D eigenvalue weighted by Crippen LogP contribution is 2.46. The Kier molecular flexibility index (Phi) is 4.95. The Morgan fingerprint density at radius 3 is 2.67 bits per heavy atom. The maximum Gasteiger partial charge on any atom is 0.0372 e. The lowest BCUT2D eigenvalue weighted by Crippen LogP contribution is -2.35. The third-order valence-electron chi connectivity index (χ3n) is 5.77. The molecule has 2 aliphatic rings. The first-order valence-electron chi connectivity index (χ1n) is 8.94. The molecule has 4 unspecified atom stereocenters. The molecule has 2 aliphatic carbocycles. The lowest BCUT2D eigenvalue weighted by Gasteiger charge is -2.42. The summed E-state index contributed by atoms with van der Waals surface area (Å²) in [6.45, 7) is 5.34. The van der Waals surface area contributed by atoms with Gasteiger partial charge in [0.15, 0.2) is 0 Å². The Morgan fingerprint density at radius 2 is 1.95 bits per heavy atom. The van der Waals surface area contributed by atoms with Crippen LogP contribution in [0.2, 0.25) is 0 Å². The Bertz CT molecular complexity index is 439. The first-order chi connectivity index (χ1) is 10.3. The minimum absolute atomic E-state index is 0.506. The van der Waals surface area contributed by atoms with Gasteiger partial charge in [0.1, 0.15) is 0 Å². The molecule has 2 fully saturated rings. The van der Waals surface area contributed by atoms with Crippen molar-refractivity contribution in [2.45, 2.75) is 64.8 Å². The molecule has 0 radical (unpaired) electrons. The van der Waals surface area contributed by atoms with Gasteiger partial charge in [0.2, 0.25) is 0 Å². The number of nitrogens with one attached hydrogen (secondary N) is 1. The summed E-state index contributed by atoms with van der Waals surface area (Å²) < 4.78 is 0. The third-order valence-corrected chi connectivity index (χ3v) is 5.77. The van der Waals surface area contributed by atoms with E-state index in [0.717, 1.165) is 30.0 Å². The molecule has 2 saturated carbocycles. The number of aryl methyl sites for hydroxylation is 1. The normalized spacial score (nSPS) is 30.7. The average molecular weight is 286 g/mol. The van der Waals surface area contributed by atoms with Crippen LogP contribution in [0.4, 0.5) is 0 Å². The molecular formula is C19H30N2. The van der Waals surface area contributed by atoms with E-state index in [1.807, 2.05) is 0 Å². The van der Waals surface area contributed by atoms with Crippen molar-refractivity contribution in [3.63, 3.8) is 0 Å². The van der Waals surface area contributed by atoms with E-state index in [4.69, 9.17) is 0 Å². The van der Waals surface area contributed by atoms with E-state index in [0.29, 0.717) is 6.04 Å². The van der Waals surface area contributed by atoms with E-state index < -0.39 is 0 Å². The number of nitrogens with zero attached hydrogens (tertiary/aromatic N) is 1. The number of fused-ring (bicyclic) bond motifs is 1. The van der Waals surface area contributed by atoms with E-state index >= 15 is 0 Å². The fourth-order valence-electron chi connectivity index (χ4n) is 4.65. The van der Waals surface area contributed by atoms with Crippen molar-refractivity contribution in [2.75, 3.05) is 6.54 Å². The molecule has 0 spiro atoms. The lowest BCUT2D eigenvalue weighted by molar-refractivity contribution is 0.109. The Labute approximate surface area is 129 Å². The topological polar surface area (TPSA) is 24.9 Å². The zero-order valence-electron chi connectivity index (χ0n) is 13.6. The third kappa shape index (κ3) is 3.48. The van der Waals surface area contributed by atoms with Crippen LogP contribution >= 0.6 is 0 Å². The van der Waals surface area contributed by atoms with Crippen molar-refractivity contribution >= 4 is 0 Å². The van der Waals surface area contributed by atoms with Gasteiger partial charge >= 0.3 is 0 Å². The van der Waals surface area contributed by atoms with Crippen molar-refractivity contribution < 1.29 is 0 Å². The first kappa shape index (κ1) is 15.0. The van der Waals surface area contributed by atoms with Gasteiger partial charge in [0.05, 0.1) is 0 Å². The fourth-order valence-corrected chi connectivity index (χ4v) is 4.65. The molecule has 1 heterocycles. The van der Waals surface area contributed by atoms with Gasteiger partial charge in [-0.25, -0.2) is 0 Å². The zero-order valence-corrected chi connectivity index (χ0v) is 13.6. The summed E-state index contributed by atoms with van der Waals surface area (Å²) >= 11 is 0. The summed E-state index contributed by atoms with van der Waals surface area (Å²) in [5.74, 6) is 2.83. The van der Waals surface area contributed by atoms with Gasteiger partial charge in [0.25, 0.3) is 0 Å². The Hall–Kier alpha value is -0.890. The number of hydrogen-bond donors (Lipinski definition) is 1. The quantitative estimate of drug-likeness (QED) is 0.871. The number of hydrogen-bond acceptors (Lipinski definition) is 2. The highest BCUT2D eigenvalue weighted by molar-refractivity contribution is 5.18. The van der Waals surface area contributed by atoms with Crippen molar-refractivity contribution in [3.05, 3.63) is 29.6 Å². The van der Waals surface area contributed by atoms with Crippen molar-refractivity contribution in [2.24, 2.45) is 17.8 Å². The van der Waals surface area contributed by atoms with Gasteiger partial charge < -0.3 is 5.32 Å². The summed E-state index contributed by atoms with van der Waals surface area (Å²) in [5.41, 5.74) is 2.51. The largest absolute Gasteiger partial charge is 0.310 e. The standard InChI is InChI=1S/C19H30N2/c1-3-20-19(18-9-8-14(2)21-13-18)17-11-10-15-6-4-5-7-16(15)12-17/h8-9,13,15-17,19-20H,3-7,10-12H2,1-2H3. The molecule has 0 saturated heterocycles. The molecule has 2 heteroatoms. The molecule has 0 bridgehead atoms. The fraction of sp³-hybridized carbons (Fsp3) is 0.737. The second-order valence-electron chi connectivity index (χ2n) is 7.15. The molecule has 3 rings (SSSR count). The SMILES string of the molecule is CCNC(c1ccc(C)nc1)C1CCC2CCCCC2C1. The van der Waals surface area contributed by atoms with E-state index in [9.17, 15) is 0 Å². The molecule has 1 aromatic rings. The van der Waals surface area contributed by atoms with Crippen molar-refractivity contribution in [3.8, 4) is 0 Å². The molecule has 0 amide bonds. The second-order valence-corrected chi connectivity index (χ2v) is 7.15. The van der Waals surface area contributed by atoms with Crippen LogP contribution in [0, 0.1) is 24.7 Å². The molecule has 1 N–H and O–H groups in total. The van der Waals surface area contributed by atoms with E-state index in [-0.39, 0.29) is 0 Å². The lowest BCUT2D eigenvalue weighted by atomic mass is 9.65. The predicted molar refractivity (Wildman–Crippen MR) is 88.2 cm³/mol. The van der Waals surface area contributed by atoms with Gasteiger partial charge in [-0.15, -0.1) is 0 Å². The van der Waals surface area contributed by atoms with Crippen molar-refractivity contribution in [1.29, 1.82) is 0 Å². The smallest absolute Gasteiger partial charge is 0.0372 e. The average Bonchev–Trinajstić information content (AvgIpc) is 2.53. The number of pyridine rings is 1. The number of rotatable bonds is 4. The molecule has 21 heavy (non-hydrogen) atoms. The molecule has 116 valence electrons. The van der Waals surface area contributed by atoms with Crippen LogP contribution in [0.3, 0.4) is 0 Å². The van der Waals surface area contributed by atoms with Crippen molar-refractivity contribution in [1.82, 2.24) is 10.3 Å². The summed E-state index contributed by atoms with van der Waals surface area (Å²) in [6.07, 6.45) is 12.3. The van der Waals surface area contributed by atoms with Crippen LogP contribution in [0.25, 0.3) is 0 Å². The molecule has 0 aliphatic heterocycles. The monoisotopic (exact) mass is 286 g/mol. The second kappa shape index (κ2) is 6.91. The highest BCUT2D eigenvalue weighted by Gasteiger charge is 2.35.